The zero-order valence-electron chi connectivity index (χ0n) is 20.6. The third-order valence-electron chi connectivity index (χ3n) is 5.86. The third kappa shape index (κ3) is 7.72. The van der Waals surface area contributed by atoms with Gasteiger partial charge in [-0.2, -0.15) is 0 Å². The smallest absolute Gasteiger partial charge is 0.323 e. The van der Waals surface area contributed by atoms with Crippen LogP contribution in [0.4, 0.5) is 22.1 Å². The summed E-state index contributed by atoms with van der Waals surface area (Å²) in [6.45, 7) is 4.41. The minimum absolute atomic E-state index is 0.364. The normalized spacial score (nSPS) is 13.2. The monoisotopic (exact) mass is 484 g/mol. The minimum Gasteiger partial charge on any atom is -0.495 e. The number of benzene rings is 2. The first-order valence-corrected chi connectivity index (χ1v) is 12.3. The van der Waals surface area contributed by atoms with Crippen molar-refractivity contribution in [1.29, 1.82) is 0 Å². The van der Waals surface area contributed by atoms with Crippen molar-refractivity contribution in [3.63, 3.8) is 0 Å². The molecule has 0 bridgehead atoms. The number of likely N-dealkylation sites (tertiary alicyclic amines) is 1. The largest absolute Gasteiger partial charge is 0.495 e. The summed E-state index contributed by atoms with van der Waals surface area (Å²) in [6.07, 6.45) is 8.51. The molecule has 2 amide bonds. The zero-order valence-corrected chi connectivity index (χ0v) is 20.6. The van der Waals surface area contributed by atoms with Crippen molar-refractivity contribution in [2.24, 2.45) is 0 Å². The van der Waals surface area contributed by atoms with Crippen LogP contribution in [0.15, 0.2) is 60.9 Å². The van der Waals surface area contributed by atoms with E-state index >= 15 is 0 Å². The van der Waals surface area contributed by atoms with Crippen molar-refractivity contribution < 1.29 is 9.53 Å². The van der Waals surface area contributed by atoms with E-state index in [0.29, 0.717) is 23.1 Å². The van der Waals surface area contributed by atoms with Crippen LogP contribution in [-0.4, -0.2) is 54.2 Å². The van der Waals surface area contributed by atoms with Gasteiger partial charge in [0.05, 0.1) is 18.4 Å². The highest BCUT2D eigenvalue weighted by molar-refractivity contribution is 6.00. The zero-order chi connectivity index (χ0) is 25.0. The van der Waals surface area contributed by atoms with Crippen molar-refractivity contribution in [1.82, 2.24) is 14.9 Å². The van der Waals surface area contributed by atoms with Crippen molar-refractivity contribution in [2.45, 2.75) is 25.7 Å². The molecule has 0 aliphatic carbocycles. The Labute approximate surface area is 212 Å². The fourth-order valence-corrected chi connectivity index (χ4v) is 4.02. The number of nitrogens with one attached hydrogen (secondary N) is 3. The summed E-state index contributed by atoms with van der Waals surface area (Å²) in [5.74, 6) is 7.39. The second kappa shape index (κ2) is 13.1. The van der Waals surface area contributed by atoms with Crippen LogP contribution in [0.3, 0.4) is 0 Å². The highest BCUT2D eigenvalue weighted by Crippen LogP contribution is 2.23. The Balaban J connectivity index is 1.26. The molecule has 1 saturated heterocycles. The van der Waals surface area contributed by atoms with Gasteiger partial charge in [-0.05, 0) is 69.2 Å². The molecule has 2 aromatic carbocycles. The van der Waals surface area contributed by atoms with Gasteiger partial charge in [0.1, 0.15) is 5.75 Å². The second-order valence-corrected chi connectivity index (χ2v) is 8.59. The molecular formula is C28H32N6O2. The molecule has 3 aromatic rings. The van der Waals surface area contributed by atoms with E-state index in [0.717, 1.165) is 30.6 Å². The number of para-hydroxylation sites is 2. The van der Waals surface area contributed by atoms with Gasteiger partial charge in [0.25, 0.3) is 0 Å². The first kappa shape index (κ1) is 25.0. The summed E-state index contributed by atoms with van der Waals surface area (Å²) in [7, 11) is 1.56. The summed E-state index contributed by atoms with van der Waals surface area (Å²) in [5, 5.41) is 8.90. The quantitative estimate of drug-likeness (QED) is 0.314. The van der Waals surface area contributed by atoms with Gasteiger partial charge >= 0.3 is 6.03 Å². The number of methoxy groups -OCH3 is 1. The second-order valence-electron chi connectivity index (χ2n) is 8.59. The summed E-state index contributed by atoms with van der Waals surface area (Å²) >= 11 is 0. The van der Waals surface area contributed by atoms with Gasteiger partial charge in [0, 0.05) is 30.2 Å². The van der Waals surface area contributed by atoms with Crippen molar-refractivity contribution in [3.8, 4) is 17.6 Å². The molecule has 36 heavy (non-hydrogen) atoms. The molecule has 0 atom stereocenters. The number of carbonyl (C=O) groups is 1. The fourth-order valence-electron chi connectivity index (χ4n) is 4.02. The molecule has 8 nitrogen and oxygen atoms in total. The lowest BCUT2D eigenvalue weighted by Gasteiger charge is -2.26. The van der Waals surface area contributed by atoms with Gasteiger partial charge in [-0.1, -0.05) is 36.5 Å². The fraction of sp³-hybridized carbons (Fsp3) is 0.321. The van der Waals surface area contributed by atoms with Crippen LogP contribution in [0, 0.1) is 11.8 Å². The number of hydrogen-bond donors (Lipinski definition) is 3. The van der Waals surface area contributed by atoms with E-state index in [-0.39, 0.29) is 6.03 Å². The number of nitrogens with zero attached hydrogens (tertiary/aromatic N) is 3. The standard InChI is InChI=1S/C28H32N6O2/c1-36-26-12-4-3-11-25(26)33-28(35)32-24-10-7-9-22(19-24)13-14-23-20-30-27(31-21-23)29-15-8-18-34-16-5-2-6-17-34/h3-4,7,9-12,19-21H,2,5-6,8,15-18H2,1H3,(H,29,30,31)(H2,32,33,35). The minimum atomic E-state index is -0.364. The van der Waals surface area contributed by atoms with Crippen molar-refractivity contribution in [3.05, 3.63) is 72.1 Å². The first-order chi connectivity index (χ1) is 17.7. The number of carbonyl (C=O) groups excluding carboxylic acids is 1. The Kier molecular flexibility index (Phi) is 9.12. The highest BCUT2D eigenvalue weighted by atomic mass is 16.5. The Hall–Kier alpha value is -4.09. The number of rotatable bonds is 8. The lowest BCUT2D eigenvalue weighted by molar-refractivity contribution is 0.228. The lowest BCUT2D eigenvalue weighted by atomic mass is 10.1. The van der Waals surface area contributed by atoms with E-state index in [1.165, 1.54) is 32.4 Å². The van der Waals surface area contributed by atoms with E-state index in [1.54, 1.807) is 31.6 Å². The van der Waals surface area contributed by atoms with E-state index < -0.39 is 0 Å². The molecule has 186 valence electrons. The van der Waals surface area contributed by atoms with Gasteiger partial charge in [0.2, 0.25) is 5.95 Å². The molecule has 1 aliphatic heterocycles. The molecular weight excluding hydrogens is 452 g/mol. The highest BCUT2D eigenvalue weighted by Gasteiger charge is 2.09. The van der Waals surface area contributed by atoms with Crippen LogP contribution < -0.4 is 20.7 Å². The van der Waals surface area contributed by atoms with Crippen molar-refractivity contribution in [2.75, 3.05) is 49.2 Å². The Morgan fingerprint density at radius 1 is 0.972 bits per heavy atom. The number of piperidine rings is 1. The van der Waals surface area contributed by atoms with Crippen molar-refractivity contribution >= 4 is 23.4 Å². The molecule has 0 radical (unpaired) electrons. The van der Waals surface area contributed by atoms with Gasteiger partial charge in [-0.3, -0.25) is 0 Å². The molecule has 1 aromatic heterocycles. The van der Waals surface area contributed by atoms with Crippen LogP contribution in [0.1, 0.15) is 36.8 Å². The number of hydrogen-bond acceptors (Lipinski definition) is 6. The van der Waals surface area contributed by atoms with Crippen LogP contribution in [0.25, 0.3) is 0 Å². The molecule has 4 rings (SSSR count). The first-order valence-electron chi connectivity index (χ1n) is 12.3. The number of urea groups is 1. The maximum absolute atomic E-state index is 12.4. The van der Waals surface area contributed by atoms with E-state index in [9.17, 15) is 4.79 Å². The summed E-state index contributed by atoms with van der Waals surface area (Å²) in [6, 6.07) is 14.2. The topological polar surface area (TPSA) is 91.4 Å². The molecule has 2 heterocycles. The van der Waals surface area contributed by atoms with E-state index in [1.807, 2.05) is 36.4 Å². The number of aromatic nitrogens is 2. The van der Waals surface area contributed by atoms with Crippen LogP contribution in [0.2, 0.25) is 0 Å². The maximum Gasteiger partial charge on any atom is 0.323 e. The Morgan fingerprint density at radius 3 is 2.56 bits per heavy atom. The van der Waals surface area contributed by atoms with Gasteiger partial charge in [0.15, 0.2) is 0 Å². The summed E-state index contributed by atoms with van der Waals surface area (Å²) in [4.78, 5) is 23.7. The SMILES string of the molecule is COc1ccccc1NC(=O)Nc1cccc(C#Cc2cnc(NCCCN3CCCCC3)nc2)c1. The lowest BCUT2D eigenvalue weighted by Crippen LogP contribution is -2.31. The number of amides is 2. The summed E-state index contributed by atoms with van der Waals surface area (Å²) < 4.78 is 5.27. The van der Waals surface area contributed by atoms with E-state index in [2.05, 4.69) is 42.7 Å². The molecule has 0 spiro atoms. The van der Waals surface area contributed by atoms with Crippen LogP contribution in [-0.2, 0) is 0 Å². The molecule has 8 heteroatoms. The molecule has 1 aliphatic rings. The number of anilines is 3. The predicted molar refractivity (Wildman–Crippen MR) is 143 cm³/mol. The van der Waals surface area contributed by atoms with E-state index in [4.69, 9.17) is 4.74 Å². The maximum atomic E-state index is 12.4. The molecule has 3 N–H and O–H groups in total. The Morgan fingerprint density at radius 2 is 1.75 bits per heavy atom. The molecule has 0 unspecified atom stereocenters. The van der Waals surface area contributed by atoms with Gasteiger partial charge in [-0.25, -0.2) is 14.8 Å². The van der Waals surface area contributed by atoms with Crippen LogP contribution >= 0.6 is 0 Å². The van der Waals surface area contributed by atoms with Gasteiger partial charge in [-0.15, -0.1) is 0 Å². The molecule has 1 fully saturated rings. The van der Waals surface area contributed by atoms with Crippen LogP contribution in [0.5, 0.6) is 5.75 Å². The number of ether oxygens (including phenoxy) is 1. The van der Waals surface area contributed by atoms with Gasteiger partial charge < -0.3 is 25.6 Å². The third-order valence-corrected chi connectivity index (χ3v) is 5.86. The predicted octanol–water partition coefficient (Wildman–Crippen LogP) is 4.82. The average Bonchev–Trinajstić information content (AvgIpc) is 2.92. The average molecular weight is 485 g/mol. The summed E-state index contributed by atoms with van der Waals surface area (Å²) in [5.41, 5.74) is 2.72. The Bertz CT molecular complexity index is 1200. The molecule has 0 saturated carbocycles.